The number of phenols is 1. The van der Waals surface area contributed by atoms with Gasteiger partial charge >= 0.3 is 0 Å². The Labute approximate surface area is 161 Å². The number of rotatable bonds is 5. The zero-order valence-electron chi connectivity index (χ0n) is 14.2. The van der Waals surface area contributed by atoms with Crippen molar-refractivity contribution < 1.29 is 14.6 Å². The lowest BCUT2D eigenvalue weighted by Gasteiger charge is -2.18. The maximum absolute atomic E-state index is 12.7. The van der Waals surface area contributed by atoms with Crippen molar-refractivity contribution in [2.75, 3.05) is 13.2 Å². The SMILES string of the molecule is C=CC(c1ccccc1)c1cc(C(=O)N[C@H]2[C@@H]3COC[C@@H]32)cc(Br)c1O. The van der Waals surface area contributed by atoms with Crippen LogP contribution in [0, 0.1) is 11.8 Å². The predicted molar refractivity (Wildman–Crippen MR) is 103 cm³/mol. The van der Waals surface area contributed by atoms with E-state index in [2.05, 4.69) is 27.8 Å². The molecule has 0 bridgehead atoms. The Morgan fingerprint density at radius 1 is 1.27 bits per heavy atom. The normalized spacial score (nSPS) is 24.6. The van der Waals surface area contributed by atoms with Gasteiger partial charge in [0.05, 0.1) is 17.7 Å². The lowest BCUT2D eigenvalue weighted by Crippen LogP contribution is -2.30. The van der Waals surface area contributed by atoms with Gasteiger partial charge in [-0.15, -0.1) is 6.58 Å². The van der Waals surface area contributed by atoms with E-state index in [1.165, 1.54) is 0 Å². The molecule has 2 fully saturated rings. The third kappa shape index (κ3) is 3.06. The smallest absolute Gasteiger partial charge is 0.251 e. The number of allylic oxidation sites excluding steroid dienone is 1. The summed E-state index contributed by atoms with van der Waals surface area (Å²) in [5.74, 6) is 0.705. The third-order valence-electron chi connectivity index (χ3n) is 5.33. The molecule has 4 rings (SSSR count). The minimum Gasteiger partial charge on any atom is -0.506 e. The van der Waals surface area contributed by atoms with Crippen LogP contribution in [0.1, 0.15) is 27.4 Å². The second-order valence-electron chi connectivity index (χ2n) is 6.88. The third-order valence-corrected chi connectivity index (χ3v) is 5.94. The van der Waals surface area contributed by atoms with Gasteiger partial charge in [-0.1, -0.05) is 36.4 Å². The number of ether oxygens (including phenoxy) is 1. The number of nitrogens with one attached hydrogen (secondary N) is 1. The molecule has 2 N–H and O–H groups in total. The second kappa shape index (κ2) is 6.89. The largest absolute Gasteiger partial charge is 0.506 e. The molecule has 2 aromatic carbocycles. The Bertz CT molecular complexity index is 842. The van der Waals surface area contributed by atoms with Crippen LogP contribution in [0.15, 0.2) is 59.6 Å². The number of phenolic OH excluding ortho intramolecular Hbond substituents is 1. The van der Waals surface area contributed by atoms with Crippen LogP contribution in [0.3, 0.4) is 0 Å². The molecule has 0 aromatic heterocycles. The first-order chi connectivity index (χ1) is 12.6. The van der Waals surface area contributed by atoms with Crippen molar-refractivity contribution in [2.45, 2.75) is 12.0 Å². The van der Waals surface area contributed by atoms with Crippen LogP contribution in [0.25, 0.3) is 0 Å². The molecule has 26 heavy (non-hydrogen) atoms. The number of halogens is 1. The molecule has 0 spiro atoms. The van der Waals surface area contributed by atoms with Crippen molar-refractivity contribution in [3.05, 3.63) is 76.3 Å². The lowest BCUT2D eigenvalue weighted by molar-refractivity contribution is 0.0928. The molecule has 1 amide bonds. The van der Waals surface area contributed by atoms with E-state index in [1.54, 1.807) is 18.2 Å². The van der Waals surface area contributed by atoms with Gasteiger partial charge in [-0.25, -0.2) is 0 Å². The van der Waals surface area contributed by atoms with Crippen molar-refractivity contribution in [2.24, 2.45) is 11.8 Å². The molecule has 1 heterocycles. The molecule has 1 aliphatic heterocycles. The van der Waals surface area contributed by atoms with Gasteiger partial charge < -0.3 is 15.2 Å². The fourth-order valence-corrected chi connectivity index (χ4v) is 4.26. The van der Waals surface area contributed by atoms with Gasteiger partial charge in [-0.05, 0) is 33.6 Å². The van der Waals surface area contributed by atoms with Crippen molar-refractivity contribution in [3.63, 3.8) is 0 Å². The van der Waals surface area contributed by atoms with Gasteiger partial charge in [0.2, 0.25) is 0 Å². The number of carbonyl (C=O) groups is 1. The fourth-order valence-electron chi connectivity index (χ4n) is 3.78. The Kier molecular flexibility index (Phi) is 4.59. The standard InChI is InChI=1S/C21H20BrNO3/c1-2-14(12-6-4-3-5-7-12)15-8-13(9-18(22)20(15)24)21(25)23-19-16-10-26-11-17(16)19/h2-9,14,16-17,19,24H,1,10-11H2,(H,23,25)/t14?,16-,17+,19+. The molecular weight excluding hydrogens is 394 g/mol. The van der Waals surface area contributed by atoms with Crippen LogP contribution < -0.4 is 5.32 Å². The summed E-state index contributed by atoms with van der Waals surface area (Å²) in [6.07, 6.45) is 1.78. The summed E-state index contributed by atoms with van der Waals surface area (Å²) in [7, 11) is 0. The molecule has 4 atom stereocenters. The Morgan fingerprint density at radius 3 is 2.62 bits per heavy atom. The van der Waals surface area contributed by atoms with Crippen molar-refractivity contribution in [3.8, 4) is 5.75 Å². The highest BCUT2D eigenvalue weighted by molar-refractivity contribution is 9.10. The van der Waals surface area contributed by atoms with E-state index in [9.17, 15) is 9.90 Å². The Balaban J connectivity index is 1.63. The van der Waals surface area contributed by atoms with E-state index in [1.807, 2.05) is 30.3 Å². The monoisotopic (exact) mass is 413 g/mol. The minimum absolute atomic E-state index is 0.123. The summed E-state index contributed by atoms with van der Waals surface area (Å²) in [6, 6.07) is 13.4. The number of benzene rings is 2. The first-order valence-electron chi connectivity index (χ1n) is 8.68. The Hall–Kier alpha value is -2.11. The zero-order chi connectivity index (χ0) is 18.3. The summed E-state index contributed by atoms with van der Waals surface area (Å²) in [5.41, 5.74) is 2.19. The quantitative estimate of drug-likeness (QED) is 0.731. The van der Waals surface area contributed by atoms with Gasteiger partial charge in [0.15, 0.2) is 0 Å². The van der Waals surface area contributed by atoms with Crippen molar-refractivity contribution in [1.29, 1.82) is 0 Å². The van der Waals surface area contributed by atoms with E-state index in [0.717, 1.165) is 18.8 Å². The number of aromatic hydroxyl groups is 1. The van der Waals surface area contributed by atoms with Crippen LogP contribution in [0.2, 0.25) is 0 Å². The summed E-state index contributed by atoms with van der Waals surface area (Å²) in [4.78, 5) is 12.7. The van der Waals surface area contributed by atoms with E-state index in [4.69, 9.17) is 4.74 Å². The number of fused-ring (bicyclic) bond motifs is 1. The molecule has 2 aromatic rings. The van der Waals surface area contributed by atoms with Crippen LogP contribution in [0.4, 0.5) is 0 Å². The van der Waals surface area contributed by atoms with Crippen molar-refractivity contribution in [1.82, 2.24) is 5.32 Å². The highest BCUT2D eigenvalue weighted by atomic mass is 79.9. The average Bonchev–Trinajstić information content (AvgIpc) is 3.06. The van der Waals surface area contributed by atoms with E-state index < -0.39 is 0 Å². The topological polar surface area (TPSA) is 58.6 Å². The maximum atomic E-state index is 12.7. The number of hydrogen-bond donors (Lipinski definition) is 2. The van der Waals surface area contributed by atoms with E-state index in [-0.39, 0.29) is 23.6 Å². The maximum Gasteiger partial charge on any atom is 0.251 e. The van der Waals surface area contributed by atoms with Crippen LogP contribution in [-0.2, 0) is 4.74 Å². The van der Waals surface area contributed by atoms with Gasteiger partial charge in [0.25, 0.3) is 5.91 Å². The second-order valence-corrected chi connectivity index (χ2v) is 7.74. The first kappa shape index (κ1) is 17.3. The first-order valence-corrected chi connectivity index (χ1v) is 9.48. The van der Waals surface area contributed by atoms with Crippen LogP contribution in [0.5, 0.6) is 5.75 Å². The number of carbonyl (C=O) groups excluding carboxylic acids is 1. The minimum atomic E-state index is -0.200. The van der Waals surface area contributed by atoms with Crippen LogP contribution >= 0.6 is 15.9 Å². The lowest BCUT2D eigenvalue weighted by atomic mass is 9.89. The molecule has 5 heteroatoms. The van der Waals surface area contributed by atoms with E-state index >= 15 is 0 Å². The van der Waals surface area contributed by atoms with Gasteiger partial charge in [-0.2, -0.15) is 0 Å². The summed E-state index contributed by atoms with van der Waals surface area (Å²) >= 11 is 3.38. The van der Waals surface area contributed by atoms with Gasteiger partial charge in [0, 0.05) is 34.9 Å². The predicted octanol–water partition coefficient (Wildman–Crippen LogP) is 3.85. The van der Waals surface area contributed by atoms with Crippen molar-refractivity contribution >= 4 is 21.8 Å². The fraction of sp³-hybridized carbons (Fsp3) is 0.286. The number of hydrogen-bond acceptors (Lipinski definition) is 3. The van der Waals surface area contributed by atoms with Crippen LogP contribution in [-0.4, -0.2) is 30.3 Å². The molecule has 4 nitrogen and oxygen atoms in total. The molecule has 0 radical (unpaired) electrons. The zero-order valence-corrected chi connectivity index (χ0v) is 15.8. The molecule has 2 aliphatic rings. The molecule has 1 saturated heterocycles. The number of amides is 1. The molecule has 1 saturated carbocycles. The van der Waals surface area contributed by atoms with Gasteiger partial charge in [0.1, 0.15) is 5.75 Å². The molecule has 1 unspecified atom stereocenters. The summed E-state index contributed by atoms with van der Waals surface area (Å²) in [6.45, 7) is 5.37. The van der Waals surface area contributed by atoms with Gasteiger partial charge in [-0.3, -0.25) is 4.79 Å². The molecular formula is C21H20BrNO3. The van der Waals surface area contributed by atoms with E-state index in [0.29, 0.717) is 27.4 Å². The highest BCUT2D eigenvalue weighted by Crippen LogP contribution is 2.44. The Morgan fingerprint density at radius 2 is 1.96 bits per heavy atom. The average molecular weight is 414 g/mol. The summed E-state index contributed by atoms with van der Waals surface area (Å²) < 4.78 is 5.87. The summed E-state index contributed by atoms with van der Waals surface area (Å²) in [5, 5.41) is 13.6. The molecule has 134 valence electrons. The highest BCUT2D eigenvalue weighted by Gasteiger charge is 2.54. The molecule has 1 aliphatic carbocycles.